The quantitative estimate of drug-likeness (QED) is 0.876. The molecule has 0 unspecified atom stereocenters. The third kappa shape index (κ3) is 3.68. The maximum Gasteiger partial charge on any atom is 0.185 e. The summed E-state index contributed by atoms with van der Waals surface area (Å²) in [5.74, 6) is 0. The molecule has 1 aromatic heterocycles. The van der Waals surface area contributed by atoms with Gasteiger partial charge in [0.15, 0.2) is 5.13 Å². The fourth-order valence-corrected chi connectivity index (χ4v) is 2.85. The molecular weight excluding hydrogens is 230 g/mol. The highest BCUT2D eigenvalue weighted by Gasteiger charge is 2.23. The van der Waals surface area contributed by atoms with Crippen molar-refractivity contribution < 1.29 is 0 Å². The minimum absolute atomic E-state index is 0.119. The van der Waals surface area contributed by atoms with Gasteiger partial charge in [-0.25, -0.2) is 4.98 Å². The largest absolute Gasteiger partial charge is 0.351 e. The fourth-order valence-electron chi connectivity index (χ4n) is 1.58. The van der Waals surface area contributed by atoms with Gasteiger partial charge in [0.05, 0.1) is 5.69 Å². The summed E-state index contributed by atoms with van der Waals surface area (Å²) in [6.45, 7) is 13.9. The zero-order valence-corrected chi connectivity index (χ0v) is 12.7. The van der Waals surface area contributed by atoms with Crippen LogP contribution in [0.15, 0.2) is 0 Å². The van der Waals surface area contributed by atoms with Crippen LogP contribution in [-0.4, -0.2) is 25.1 Å². The lowest BCUT2D eigenvalue weighted by Gasteiger charge is -2.18. The van der Waals surface area contributed by atoms with E-state index in [2.05, 4.69) is 51.9 Å². The number of rotatable bonds is 5. The van der Waals surface area contributed by atoms with Crippen LogP contribution in [0.5, 0.6) is 0 Å². The van der Waals surface area contributed by atoms with Gasteiger partial charge in [0.2, 0.25) is 0 Å². The number of nitrogens with one attached hydrogen (secondary N) is 1. The van der Waals surface area contributed by atoms with E-state index in [1.54, 1.807) is 0 Å². The van der Waals surface area contributed by atoms with Gasteiger partial charge >= 0.3 is 0 Å². The summed E-state index contributed by atoms with van der Waals surface area (Å²) in [6.07, 6.45) is 0. The Balaban J connectivity index is 3.03. The molecule has 0 spiro atoms. The maximum atomic E-state index is 4.81. The Labute approximate surface area is 109 Å². The van der Waals surface area contributed by atoms with Gasteiger partial charge < -0.3 is 10.2 Å². The second-order valence-electron chi connectivity index (χ2n) is 5.31. The average Bonchev–Trinajstić information content (AvgIpc) is 2.69. The van der Waals surface area contributed by atoms with Gasteiger partial charge in [-0.3, -0.25) is 0 Å². The van der Waals surface area contributed by atoms with E-state index in [1.807, 2.05) is 11.3 Å². The first kappa shape index (κ1) is 14.5. The molecule has 0 atom stereocenters. The van der Waals surface area contributed by atoms with Crippen LogP contribution in [0.25, 0.3) is 0 Å². The second-order valence-corrected chi connectivity index (χ2v) is 6.37. The van der Waals surface area contributed by atoms with E-state index in [9.17, 15) is 0 Å². The number of aromatic nitrogens is 1. The molecule has 4 heteroatoms. The molecule has 0 fully saturated rings. The zero-order chi connectivity index (χ0) is 13.1. The van der Waals surface area contributed by atoms with Crippen molar-refractivity contribution in [3.05, 3.63) is 10.6 Å². The summed E-state index contributed by atoms with van der Waals surface area (Å²) in [4.78, 5) is 8.38. The number of hydrogen-bond donors (Lipinski definition) is 1. The predicted octanol–water partition coefficient (Wildman–Crippen LogP) is 3.01. The molecular formula is C13H25N3S. The van der Waals surface area contributed by atoms with Crippen molar-refractivity contribution in [2.45, 2.75) is 46.6 Å². The van der Waals surface area contributed by atoms with Gasteiger partial charge in [-0.1, -0.05) is 27.7 Å². The van der Waals surface area contributed by atoms with Crippen molar-refractivity contribution in [1.29, 1.82) is 0 Å². The molecule has 0 saturated carbocycles. The van der Waals surface area contributed by atoms with Crippen LogP contribution in [0.1, 0.15) is 45.2 Å². The van der Waals surface area contributed by atoms with E-state index in [1.165, 1.54) is 10.6 Å². The third-order valence-corrected chi connectivity index (χ3v) is 3.90. The molecule has 1 aromatic rings. The van der Waals surface area contributed by atoms with Crippen LogP contribution in [0.4, 0.5) is 5.13 Å². The normalized spacial score (nSPS) is 11.9. The SMILES string of the molecule is CCNCc1sc(N(C)CC)nc1C(C)(C)C. The molecule has 0 bridgehead atoms. The van der Waals surface area contributed by atoms with Crippen molar-refractivity contribution in [3.63, 3.8) is 0 Å². The first-order chi connectivity index (χ1) is 7.90. The Hall–Kier alpha value is -0.610. The molecule has 1 N–H and O–H groups in total. The third-order valence-electron chi connectivity index (χ3n) is 2.73. The number of nitrogens with zero attached hydrogens (tertiary/aromatic N) is 2. The zero-order valence-electron chi connectivity index (χ0n) is 11.9. The minimum atomic E-state index is 0.119. The maximum absolute atomic E-state index is 4.81. The predicted molar refractivity (Wildman–Crippen MR) is 77.1 cm³/mol. The first-order valence-corrected chi connectivity index (χ1v) is 7.13. The van der Waals surface area contributed by atoms with E-state index in [-0.39, 0.29) is 5.41 Å². The van der Waals surface area contributed by atoms with Gasteiger partial charge in [-0.2, -0.15) is 0 Å². The van der Waals surface area contributed by atoms with E-state index in [4.69, 9.17) is 4.98 Å². The smallest absolute Gasteiger partial charge is 0.185 e. The second kappa shape index (κ2) is 5.83. The van der Waals surface area contributed by atoms with Crippen molar-refractivity contribution in [2.75, 3.05) is 25.0 Å². The van der Waals surface area contributed by atoms with Crippen molar-refractivity contribution in [3.8, 4) is 0 Å². The molecule has 17 heavy (non-hydrogen) atoms. The summed E-state index contributed by atoms with van der Waals surface area (Å²) in [6, 6.07) is 0. The summed E-state index contributed by atoms with van der Waals surface area (Å²) in [5.41, 5.74) is 1.35. The van der Waals surface area contributed by atoms with Gasteiger partial charge in [-0.05, 0) is 13.5 Å². The molecule has 1 heterocycles. The Morgan fingerprint density at radius 2 is 1.94 bits per heavy atom. The number of thiazole rings is 1. The highest BCUT2D eigenvalue weighted by Crippen LogP contribution is 2.33. The van der Waals surface area contributed by atoms with Crippen LogP contribution in [0.3, 0.4) is 0 Å². The lowest BCUT2D eigenvalue weighted by atomic mass is 9.91. The molecule has 0 aromatic carbocycles. The lowest BCUT2D eigenvalue weighted by Crippen LogP contribution is -2.19. The van der Waals surface area contributed by atoms with Crippen molar-refractivity contribution in [2.24, 2.45) is 0 Å². The minimum Gasteiger partial charge on any atom is -0.351 e. The van der Waals surface area contributed by atoms with Gasteiger partial charge in [-0.15, -0.1) is 11.3 Å². The Bertz CT molecular complexity index is 352. The van der Waals surface area contributed by atoms with Crippen LogP contribution in [0, 0.1) is 0 Å². The number of anilines is 1. The van der Waals surface area contributed by atoms with E-state index >= 15 is 0 Å². The summed E-state index contributed by atoms with van der Waals surface area (Å²) >= 11 is 1.81. The molecule has 1 rings (SSSR count). The molecule has 3 nitrogen and oxygen atoms in total. The van der Waals surface area contributed by atoms with Crippen LogP contribution in [0.2, 0.25) is 0 Å². The molecule has 0 aliphatic carbocycles. The van der Waals surface area contributed by atoms with Gasteiger partial charge in [0, 0.05) is 30.4 Å². The van der Waals surface area contributed by atoms with E-state index in [0.29, 0.717) is 0 Å². The monoisotopic (exact) mass is 255 g/mol. The first-order valence-electron chi connectivity index (χ1n) is 6.32. The molecule has 0 aliphatic heterocycles. The molecule has 98 valence electrons. The van der Waals surface area contributed by atoms with Crippen molar-refractivity contribution >= 4 is 16.5 Å². The van der Waals surface area contributed by atoms with Gasteiger partial charge in [0.25, 0.3) is 0 Å². The molecule has 0 amide bonds. The Morgan fingerprint density at radius 3 is 2.41 bits per heavy atom. The van der Waals surface area contributed by atoms with Crippen LogP contribution >= 0.6 is 11.3 Å². The standard InChI is InChI=1S/C13H25N3S/c1-7-14-9-10-11(13(3,4)5)15-12(17-10)16(6)8-2/h14H,7-9H2,1-6H3. The lowest BCUT2D eigenvalue weighted by molar-refractivity contribution is 0.560. The van der Waals surface area contributed by atoms with Crippen molar-refractivity contribution in [1.82, 2.24) is 10.3 Å². The average molecular weight is 255 g/mol. The topological polar surface area (TPSA) is 28.2 Å². The van der Waals surface area contributed by atoms with Crippen LogP contribution < -0.4 is 10.2 Å². The molecule has 0 aliphatic rings. The Kier molecular flexibility index (Phi) is 4.95. The number of hydrogen-bond acceptors (Lipinski definition) is 4. The summed E-state index contributed by atoms with van der Waals surface area (Å²) in [5, 5.41) is 4.53. The van der Waals surface area contributed by atoms with Gasteiger partial charge in [0.1, 0.15) is 0 Å². The molecule has 0 radical (unpaired) electrons. The highest BCUT2D eigenvalue weighted by atomic mass is 32.1. The highest BCUT2D eigenvalue weighted by molar-refractivity contribution is 7.15. The summed E-state index contributed by atoms with van der Waals surface area (Å²) < 4.78 is 0. The molecule has 0 saturated heterocycles. The Morgan fingerprint density at radius 1 is 1.29 bits per heavy atom. The summed E-state index contributed by atoms with van der Waals surface area (Å²) in [7, 11) is 2.10. The van der Waals surface area contributed by atoms with E-state index in [0.717, 1.165) is 24.8 Å². The fraction of sp³-hybridized carbons (Fsp3) is 0.769. The van der Waals surface area contributed by atoms with E-state index < -0.39 is 0 Å². The van der Waals surface area contributed by atoms with Crippen LogP contribution in [-0.2, 0) is 12.0 Å².